The van der Waals surface area contributed by atoms with Gasteiger partial charge in [0.15, 0.2) is 5.82 Å². The van der Waals surface area contributed by atoms with Crippen molar-refractivity contribution in [2.75, 3.05) is 13.1 Å². The summed E-state index contributed by atoms with van der Waals surface area (Å²) in [5.41, 5.74) is 0. The molecule has 2 N–H and O–H groups in total. The number of aromatic nitrogens is 3. The van der Waals surface area contributed by atoms with Crippen LogP contribution in [0, 0.1) is 5.92 Å². The Morgan fingerprint density at radius 2 is 2.14 bits per heavy atom. The van der Waals surface area contributed by atoms with Crippen LogP contribution in [-0.4, -0.2) is 68.5 Å². The average Bonchev–Trinajstić information content (AvgIpc) is 3.44. The Labute approximate surface area is 169 Å². The van der Waals surface area contributed by atoms with Crippen LogP contribution in [0.2, 0.25) is 0 Å². The first-order chi connectivity index (χ1) is 14.1. The molecule has 0 bridgehead atoms. The predicted octanol–water partition coefficient (Wildman–Crippen LogP) is 1.56. The van der Waals surface area contributed by atoms with Crippen molar-refractivity contribution in [3.05, 3.63) is 23.9 Å². The maximum absolute atomic E-state index is 12.6. The summed E-state index contributed by atoms with van der Waals surface area (Å²) in [6.07, 6.45) is 9.04. The summed E-state index contributed by atoms with van der Waals surface area (Å²) < 4.78 is 8.06. The summed E-state index contributed by atoms with van der Waals surface area (Å²) in [7, 11) is 0. The minimum Gasteiger partial charge on any atom is -0.446 e. The second-order valence-corrected chi connectivity index (χ2v) is 8.50. The van der Waals surface area contributed by atoms with Crippen molar-refractivity contribution in [2.45, 2.75) is 69.4 Å². The van der Waals surface area contributed by atoms with E-state index in [4.69, 9.17) is 4.74 Å². The molecule has 9 nitrogen and oxygen atoms in total. The van der Waals surface area contributed by atoms with E-state index in [1.165, 1.54) is 0 Å². The molecule has 29 heavy (non-hydrogen) atoms. The molecule has 0 spiro atoms. The number of aliphatic hydroxyl groups is 1. The fourth-order valence-corrected chi connectivity index (χ4v) is 5.13. The van der Waals surface area contributed by atoms with Crippen LogP contribution in [-0.2, 0) is 4.74 Å². The second-order valence-electron chi connectivity index (χ2n) is 8.50. The Morgan fingerprint density at radius 3 is 2.93 bits per heavy atom. The number of nitrogens with one attached hydrogen (secondary N) is 1. The van der Waals surface area contributed by atoms with Crippen molar-refractivity contribution in [1.29, 1.82) is 0 Å². The molecule has 2 fully saturated rings. The number of fused-ring (bicyclic) bond motifs is 3. The zero-order valence-corrected chi connectivity index (χ0v) is 16.6. The molecule has 1 saturated heterocycles. The number of rotatable bonds is 3. The van der Waals surface area contributed by atoms with E-state index in [-0.39, 0.29) is 36.4 Å². The number of amides is 1. The van der Waals surface area contributed by atoms with Crippen molar-refractivity contribution < 1.29 is 14.6 Å². The molecule has 156 valence electrons. The Bertz CT molecular complexity index is 828. The molecule has 1 aromatic rings. The molecule has 4 aliphatic rings. The van der Waals surface area contributed by atoms with E-state index in [1.54, 1.807) is 11.1 Å². The molecule has 0 aromatic carbocycles. The normalized spacial score (nSPS) is 33.4. The lowest BCUT2D eigenvalue weighted by Gasteiger charge is -2.29. The molecule has 5 atom stereocenters. The number of hydrogen-bond acceptors (Lipinski definition) is 7. The number of carbonyl (C=O) groups excluding carboxylic acids is 1. The molecule has 2 unspecified atom stereocenters. The minimum atomic E-state index is -0.301. The number of nitrogens with zero attached hydrogens (tertiary/aromatic N) is 5. The highest BCUT2D eigenvalue weighted by molar-refractivity contribution is 5.76. The van der Waals surface area contributed by atoms with Crippen LogP contribution in [0.1, 0.15) is 62.6 Å². The summed E-state index contributed by atoms with van der Waals surface area (Å²) in [6, 6.07) is 0.0962. The topological polar surface area (TPSA) is 105 Å². The molecular weight excluding hydrogens is 372 g/mol. The maximum atomic E-state index is 12.6. The fourth-order valence-electron chi connectivity index (χ4n) is 5.13. The van der Waals surface area contributed by atoms with Crippen LogP contribution in [0.5, 0.6) is 0 Å². The number of aliphatic imine (C=N–C) groups is 1. The van der Waals surface area contributed by atoms with E-state index in [2.05, 4.69) is 38.1 Å². The summed E-state index contributed by atoms with van der Waals surface area (Å²) in [5, 5.41) is 21.8. The lowest BCUT2D eigenvalue weighted by molar-refractivity contribution is 0.0375. The Hall–Kier alpha value is -2.42. The van der Waals surface area contributed by atoms with Crippen molar-refractivity contribution in [3.8, 4) is 0 Å². The van der Waals surface area contributed by atoms with Gasteiger partial charge in [-0.2, -0.15) is 0 Å². The van der Waals surface area contributed by atoms with Gasteiger partial charge in [0.25, 0.3) is 0 Å². The van der Waals surface area contributed by atoms with Crippen LogP contribution >= 0.6 is 0 Å². The fraction of sp³-hybridized carbons (Fsp3) is 0.700. The summed E-state index contributed by atoms with van der Waals surface area (Å²) in [6.45, 7) is 3.31. The molecule has 3 aliphatic heterocycles. The first-order valence-corrected chi connectivity index (χ1v) is 10.7. The molecular formula is C20H28N6O3. The van der Waals surface area contributed by atoms with Gasteiger partial charge in [-0.15, -0.1) is 10.2 Å². The van der Waals surface area contributed by atoms with Gasteiger partial charge in [0.1, 0.15) is 18.1 Å². The summed E-state index contributed by atoms with van der Waals surface area (Å²) in [4.78, 5) is 18.8. The average molecular weight is 400 g/mol. The van der Waals surface area contributed by atoms with Gasteiger partial charge >= 0.3 is 6.09 Å². The van der Waals surface area contributed by atoms with Gasteiger partial charge in [-0.25, -0.2) is 4.79 Å². The first-order valence-electron chi connectivity index (χ1n) is 10.7. The van der Waals surface area contributed by atoms with Crippen molar-refractivity contribution in [2.24, 2.45) is 10.9 Å². The first kappa shape index (κ1) is 18.6. The quantitative estimate of drug-likeness (QED) is 0.798. The third-order valence-corrected chi connectivity index (χ3v) is 6.78. The second kappa shape index (κ2) is 7.44. The number of carbonyl (C=O) groups is 1. The van der Waals surface area contributed by atoms with Crippen LogP contribution in [0.25, 0.3) is 0 Å². The molecule has 4 heterocycles. The monoisotopic (exact) mass is 400 g/mol. The van der Waals surface area contributed by atoms with Gasteiger partial charge in [-0.1, -0.05) is 13.3 Å². The largest absolute Gasteiger partial charge is 0.446 e. The molecule has 9 heteroatoms. The number of aliphatic hydroxyl groups excluding tert-OH is 1. The van der Waals surface area contributed by atoms with E-state index < -0.39 is 0 Å². The van der Waals surface area contributed by atoms with E-state index in [9.17, 15) is 9.90 Å². The predicted molar refractivity (Wildman–Crippen MR) is 106 cm³/mol. The minimum absolute atomic E-state index is 0.00167. The Balaban J connectivity index is 1.31. The van der Waals surface area contributed by atoms with Crippen LogP contribution < -0.4 is 5.32 Å². The highest BCUT2D eigenvalue weighted by Gasteiger charge is 2.42. The third kappa shape index (κ3) is 3.31. The molecule has 1 saturated carbocycles. The van der Waals surface area contributed by atoms with E-state index >= 15 is 0 Å². The standard InChI is InChI=1S/C20H28N6O3/c1-2-12-9-14(29-20(28)25-7-4-13(27)5-8-25)10-15(12)19-24-23-17-11-22-18-16(26(17)19)3-6-21-18/h3,6,11-16,18,21,27H,2,4-5,7-10H2,1H3/t12-,14+,15+,16?,18?/m1/s1. The SMILES string of the molecule is CC[C@@H]1C[C@H](OC(=O)N2CCC(O)CC2)C[C@@H]1c1nnc2n1C1C=CNC1N=C2. The van der Waals surface area contributed by atoms with Crippen LogP contribution in [0.15, 0.2) is 17.3 Å². The highest BCUT2D eigenvalue weighted by atomic mass is 16.6. The van der Waals surface area contributed by atoms with E-state index in [1.807, 2.05) is 6.20 Å². The van der Waals surface area contributed by atoms with Crippen molar-refractivity contribution >= 4 is 12.3 Å². The molecule has 0 radical (unpaired) electrons. The Kier molecular flexibility index (Phi) is 4.77. The lowest BCUT2D eigenvalue weighted by Crippen LogP contribution is -2.41. The van der Waals surface area contributed by atoms with Gasteiger partial charge in [0, 0.05) is 19.0 Å². The Morgan fingerprint density at radius 1 is 1.31 bits per heavy atom. The zero-order chi connectivity index (χ0) is 20.0. The van der Waals surface area contributed by atoms with Gasteiger partial charge in [-0.3, -0.25) is 9.56 Å². The van der Waals surface area contributed by atoms with Gasteiger partial charge in [-0.05, 0) is 43.9 Å². The molecule has 1 aromatic heterocycles. The van der Waals surface area contributed by atoms with Gasteiger partial charge < -0.3 is 20.1 Å². The molecule has 1 amide bonds. The number of ether oxygens (including phenoxy) is 1. The molecule has 5 rings (SSSR count). The van der Waals surface area contributed by atoms with E-state index in [0.29, 0.717) is 31.8 Å². The highest BCUT2D eigenvalue weighted by Crippen LogP contribution is 2.44. The van der Waals surface area contributed by atoms with Gasteiger partial charge in [0.05, 0.1) is 18.4 Å². The van der Waals surface area contributed by atoms with Crippen LogP contribution in [0.3, 0.4) is 0 Å². The summed E-state index contributed by atoms with van der Waals surface area (Å²) >= 11 is 0. The number of hydrogen-bond donors (Lipinski definition) is 2. The third-order valence-electron chi connectivity index (χ3n) is 6.78. The van der Waals surface area contributed by atoms with Crippen molar-refractivity contribution in [1.82, 2.24) is 25.0 Å². The molecule has 1 aliphatic carbocycles. The smallest absolute Gasteiger partial charge is 0.410 e. The van der Waals surface area contributed by atoms with E-state index in [0.717, 1.165) is 30.9 Å². The van der Waals surface area contributed by atoms with Gasteiger partial charge in [0.2, 0.25) is 0 Å². The lowest BCUT2D eigenvalue weighted by atomic mass is 9.92. The van der Waals surface area contributed by atoms with Crippen molar-refractivity contribution in [3.63, 3.8) is 0 Å². The maximum Gasteiger partial charge on any atom is 0.410 e. The zero-order valence-electron chi connectivity index (χ0n) is 16.6. The summed E-state index contributed by atoms with van der Waals surface area (Å²) in [5.74, 6) is 2.38. The number of piperidine rings is 1. The van der Waals surface area contributed by atoms with Crippen LogP contribution in [0.4, 0.5) is 4.79 Å². The number of likely N-dealkylation sites (tertiary alicyclic amines) is 1.